The number of nitrogens with zero attached hydrogens (tertiary/aromatic N) is 1. The van der Waals surface area contributed by atoms with Gasteiger partial charge in [0.05, 0.1) is 18.1 Å². The first kappa shape index (κ1) is 6.29. The number of hydrogen-bond donors (Lipinski definition) is 1. The summed E-state index contributed by atoms with van der Waals surface area (Å²) in [7, 11) is 1.67. The van der Waals surface area contributed by atoms with Crippen LogP contribution in [0.1, 0.15) is 18.7 Å². The Kier molecular flexibility index (Phi) is 1.85. The average molecular weight is 126 g/mol. The van der Waals surface area contributed by atoms with Crippen LogP contribution in [-0.2, 0) is 4.74 Å². The molecule has 1 N–H and O–H groups in total. The Bertz CT molecular complexity index is 160. The van der Waals surface area contributed by atoms with Gasteiger partial charge in [-0.05, 0) is 6.92 Å². The van der Waals surface area contributed by atoms with E-state index in [0.717, 1.165) is 5.69 Å². The molecule has 1 atom stereocenters. The van der Waals surface area contributed by atoms with Crippen molar-refractivity contribution in [2.45, 2.75) is 13.0 Å². The molecule has 1 aromatic heterocycles. The highest BCUT2D eigenvalue weighted by Gasteiger charge is 2.02. The summed E-state index contributed by atoms with van der Waals surface area (Å²) < 4.78 is 5.01. The highest BCUT2D eigenvalue weighted by molar-refractivity contribution is 4.97. The molecule has 1 heterocycles. The van der Waals surface area contributed by atoms with Crippen molar-refractivity contribution in [3.63, 3.8) is 0 Å². The maximum Gasteiger partial charge on any atom is 0.0978 e. The predicted octanol–water partition coefficient (Wildman–Crippen LogP) is 1.12. The van der Waals surface area contributed by atoms with E-state index in [2.05, 4.69) is 9.97 Å². The van der Waals surface area contributed by atoms with Gasteiger partial charge in [0.15, 0.2) is 0 Å². The largest absolute Gasteiger partial charge is 0.375 e. The van der Waals surface area contributed by atoms with Gasteiger partial charge in [-0.25, -0.2) is 4.98 Å². The third-order valence-corrected chi connectivity index (χ3v) is 1.29. The van der Waals surface area contributed by atoms with Gasteiger partial charge in [-0.3, -0.25) is 0 Å². The van der Waals surface area contributed by atoms with Crippen molar-refractivity contribution in [1.29, 1.82) is 0 Å². The molecule has 0 radical (unpaired) electrons. The third kappa shape index (κ3) is 1.29. The molecule has 1 unspecified atom stereocenters. The van der Waals surface area contributed by atoms with Crippen LogP contribution in [0.15, 0.2) is 12.5 Å². The maximum atomic E-state index is 5.01. The molecule has 0 aliphatic heterocycles. The molecule has 0 fully saturated rings. The number of nitrogens with one attached hydrogen (secondary N) is 1. The molecule has 0 bridgehead atoms. The van der Waals surface area contributed by atoms with Crippen molar-refractivity contribution in [3.05, 3.63) is 18.2 Å². The van der Waals surface area contributed by atoms with Crippen LogP contribution in [0, 0.1) is 0 Å². The van der Waals surface area contributed by atoms with Crippen molar-refractivity contribution in [1.82, 2.24) is 9.97 Å². The van der Waals surface area contributed by atoms with E-state index in [4.69, 9.17) is 4.74 Å². The van der Waals surface area contributed by atoms with Crippen LogP contribution >= 0.6 is 0 Å². The number of methoxy groups -OCH3 is 1. The van der Waals surface area contributed by atoms with Crippen molar-refractivity contribution < 1.29 is 4.74 Å². The SMILES string of the molecule is COC(C)c1c[nH]cn1. The minimum absolute atomic E-state index is 0.0937. The highest BCUT2D eigenvalue weighted by atomic mass is 16.5. The molecule has 0 saturated carbocycles. The summed E-state index contributed by atoms with van der Waals surface area (Å²) in [6.45, 7) is 1.95. The summed E-state index contributed by atoms with van der Waals surface area (Å²) in [6.07, 6.45) is 3.56. The van der Waals surface area contributed by atoms with Gasteiger partial charge in [0.1, 0.15) is 0 Å². The average Bonchev–Trinajstić information content (AvgIpc) is 2.37. The molecule has 0 aliphatic carbocycles. The fourth-order valence-electron chi connectivity index (χ4n) is 0.615. The van der Waals surface area contributed by atoms with Crippen LogP contribution in [0.4, 0.5) is 0 Å². The summed E-state index contributed by atoms with van der Waals surface area (Å²) in [4.78, 5) is 6.86. The Balaban J connectivity index is 2.65. The first-order valence-corrected chi connectivity index (χ1v) is 2.86. The molecule has 9 heavy (non-hydrogen) atoms. The van der Waals surface area contributed by atoms with E-state index in [1.165, 1.54) is 0 Å². The lowest BCUT2D eigenvalue weighted by Gasteiger charge is -2.02. The van der Waals surface area contributed by atoms with Gasteiger partial charge < -0.3 is 9.72 Å². The van der Waals surface area contributed by atoms with Crippen molar-refractivity contribution in [2.75, 3.05) is 7.11 Å². The highest BCUT2D eigenvalue weighted by Crippen LogP contribution is 2.09. The van der Waals surface area contributed by atoms with Crippen LogP contribution in [0.2, 0.25) is 0 Å². The number of ether oxygens (including phenoxy) is 1. The standard InChI is InChI=1S/C6H10N2O/c1-5(9-2)6-3-7-4-8-6/h3-5H,1-2H3,(H,7,8). The smallest absolute Gasteiger partial charge is 0.0978 e. The summed E-state index contributed by atoms with van der Waals surface area (Å²) >= 11 is 0. The van der Waals surface area contributed by atoms with E-state index < -0.39 is 0 Å². The van der Waals surface area contributed by atoms with Gasteiger partial charge >= 0.3 is 0 Å². The third-order valence-electron chi connectivity index (χ3n) is 1.29. The molecular formula is C6H10N2O. The Morgan fingerprint density at radius 3 is 3.00 bits per heavy atom. The molecule has 50 valence electrons. The van der Waals surface area contributed by atoms with Crippen molar-refractivity contribution in [3.8, 4) is 0 Å². The molecule has 3 nitrogen and oxygen atoms in total. The normalized spacial score (nSPS) is 13.6. The number of hydrogen-bond acceptors (Lipinski definition) is 2. The van der Waals surface area contributed by atoms with E-state index in [-0.39, 0.29) is 6.10 Å². The van der Waals surface area contributed by atoms with E-state index in [0.29, 0.717) is 0 Å². The van der Waals surface area contributed by atoms with Crippen LogP contribution in [0.25, 0.3) is 0 Å². The quantitative estimate of drug-likeness (QED) is 0.644. The van der Waals surface area contributed by atoms with Crippen LogP contribution in [-0.4, -0.2) is 17.1 Å². The number of aromatic amines is 1. The molecule has 1 rings (SSSR count). The molecule has 0 aliphatic rings. The fraction of sp³-hybridized carbons (Fsp3) is 0.500. The van der Waals surface area contributed by atoms with Gasteiger partial charge in [-0.1, -0.05) is 0 Å². The zero-order valence-corrected chi connectivity index (χ0v) is 5.59. The number of H-pyrrole nitrogens is 1. The zero-order valence-electron chi connectivity index (χ0n) is 5.59. The van der Waals surface area contributed by atoms with Gasteiger partial charge in [0.25, 0.3) is 0 Å². The molecule has 0 aromatic carbocycles. The number of rotatable bonds is 2. The van der Waals surface area contributed by atoms with E-state index in [1.807, 2.05) is 13.1 Å². The molecule has 0 spiro atoms. The number of imidazole rings is 1. The van der Waals surface area contributed by atoms with Crippen molar-refractivity contribution in [2.24, 2.45) is 0 Å². The molecule has 1 aromatic rings. The molecule has 0 amide bonds. The number of aromatic nitrogens is 2. The first-order chi connectivity index (χ1) is 4.34. The summed E-state index contributed by atoms with van der Waals surface area (Å²) in [5.41, 5.74) is 0.942. The Morgan fingerprint density at radius 2 is 2.56 bits per heavy atom. The molecular weight excluding hydrogens is 116 g/mol. The zero-order chi connectivity index (χ0) is 6.69. The monoisotopic (exact) mass is 126 g/mol. The van der Waals surface area contributed by atoms with Gasteiger partial charge in [-0.15, -0.1) is 0 Å². The minimum Gasteiger partial charge on any atom is -0.375 e. The Labute approximate surface area is 54.1 Å². The second-order valence-corrected chi connectivity index (χ2v) is 1.87. The van der Waals surface area contributed by atoms with Gasteiger partial charge in [-0.2, -0.15) is 0 Å². The second kappa shape index (κ2) is 2.64. The maximum absolute atomic E-state index is 5.01. The minimum atomic E-state index is 0.0937. The Morgan fingerprint density at radius 1 is 1.78 bits per heavy atom. The van der Waals surface area contributed by atoms with E-state index >= 15 is 0 Å². The van der Waals surface area contributed by atoms with E-state index in [1.54, 1.807) is 13.4 Å². The lowest BCUT2D eigenvalue weighted by atomic mass is 10.3. The lowest BCUT2D eigenvalue weighted by Crippen LogP contribution is -1.94. The first-order valence-electron chi connectivity index (χ1n) is 2.86. The summed E-state index contributed by atoms with van der Waals surface area (Å²) in [5, 5.41) is 0. The van der Waals surface area contributed by atoms with Crippen LogP contribution in [0.5, 0.6) is 0 Å². The molecule has 0 saturated heterocycles. The fourth-order valence-corrected chi connectivity index (χ4v) is 0.615. The Hall–Kier alpha value is -0.830. The van der Waals surface area contributed by atoms with Gasteiger partial charge in [0.2, 0.25) is 0 Å². The van der Waals surface area contributed by atoms with Crippen LogP contribution in [0.3, 0.4) is 0 Å². The second-order valence-electron chi connectivity index (χ2n) is 1.87. The summed E-state index contributed by atoms with van der Waals surface area (Å²) in [5.74, 6) is 0. The van der Waals surface area contributed by atoms with Gasteiger partial charge in [0, 0.05) is 13.3 Å². The van der Waals surface area contributed by atoms with Crippen LogP contribution < -0.4 is 0 Å². The summed E-state index contributed by atoms with van der Waals surface area (Å²) in [6, 6.07) is 0. The topological polar surface area (TPSA) is 37.9 Å². The molecule has 3 heteroatoms. The lowest BCUT2D eigenvalue weighted by molar-refractivity contribution is 0.116. The predicted molar refractivity (Wildman–Crippen MR) is 34.0 cm³/mol. The van der Waals surface area contributed by atoms with Crippen molar-refractivity contribution >= 4 is 0 Å². The van der Waals surface area contributed by atoms with E-state index in [9.17, 15) is 0 Å².